The van der Waals surface area contributed by atoms with E-state index < -0.39 is 0 Å². The fraction of sp³-hybridized carbons (Fsp3) is 0.200. The number of amides is 1. The van der Waals surface area contributed by atoms with Crippen LogP contribution in [0.3, 0.4) is 0 Å². The molecule has 1 fully saturated rings. The number of halogens is 2. The number of hydrogen-bond donors (Lipinski definition) is 0. The van der Waals surface area contributed by atoms with E-state index in [2.05, 4.69) is 15.1 Å². The maximum atomic E-state index is 13.8. The second kappa shape index (κ2) is 6.66. The van der Waals surface area contributed by atoms with Crippen molar-refractivity contribution in [2.24, 2.45) is 0 Å². The summed E-state index contributed by atoms with van der Waals surface area (Å²) in [6, 6.07) is 6.43. The normalized spacial score (nSPS) is 14.4. The average molecular weight is 411 g/mol. The summed E-state index contributed by atoms with van der Waals surface area (Å²) in [7, 11) is 0. The third kappa shape index (κ3) is 2.96. The second-order valence-corrected chi connectivity index (χ2v) is 7.40. The summed E-state index contributed by atoms with van der Waals surface area (Å²) in [4.78, 5) is 21.7. The molecule has 1 saturated heterocycles. The summed E-state index contributed by atoms with van der Waals surface area (Å²) in [5, 5.41) is 5.46. The van der Waals surface area contributed by atoms with Crippen LogP contribution in [-0.4, -0.2) is 48.2 Å². The maximum absolute atomic E-state index is 13.8. The zero-order chi connectivity index (χ0) is 20.1. The summed E-state index contributed by atoms with van der Waals surface area (Å²) in [5.41, 5.74) is 2.89. The van der Waals surface area contributed by atoms with E-state index in [-0.39, 0.29) is 17.8 Å². The molecule has 0 saturated carbocycles. The lowest BCUT2D eigenvalue weighted by molar-refractivity contribution is -0.134. The lowest BCUT2D eigenvalue weighted by Gasteiger charge is -2.38. The van der Waals surface area contributed by atoms with Crippen LogP contribution in [-0.2, 0) is 4.79 Å². The Morgan fingerprint density at radius 2 is 2.07 bits per heavy atom. The fourth-order valence-electron chi connectivity index (χ4n) is 3.62. The number of hydrogen-bond acceptors (Lipinski definition) is 4. The third-order valence-corrected chi connectivity index (χ3v) is 5.50. The number of carbonyl (C=O) groups is 1. The van der Waals surface area contributed by atoms with Gasteiger partial charge in [0.2, 0.25) is 5.91 Å². The Balaban J connectivity index is 1.59. The maximum Gasteiger partial charge on any atom is 0.219 e. The molecule has 3 aromatic heterocycles. The van der Waals surface area contributed by atoms with Gasteiger partial charge in [0.25, 0.3) is 0 Å². The predicted octanol–water partition coefficient (Wildman–Crippen LogP) is 3.48. The third-order valence-electron chi connectivity index (χ3n) is 5.22. The van der Waals surface area contributed by atoms with Crippen LogP contribution in [0.15, 0.2) is 49.2 Å². The minimum absolute atomic E-state index is 0.0655. The minimum atomic E-state index is -0.334. The van der Waals surface area contributed by atoms with Crippen molar-refractivity contribution in [2.75, 3.05) is 13.1 Å². The van der Waals surface area contributed by atoms with Crippen LogP contribution in [0.5, 0.6) is 0 Å². The lowest BCUT2D eigenvalue weighted by atomic mass is 10.1. The highest BCUT2D eigenvalue weighted by atomic mass is 35.5. The second-order valence-electron chi connectivity index (χ2n) is 7.04. The molecule has 1 aliphatic heterocycles. The molecule has 7 nitrogen and oxygen atoms in total. The van der Waals surface area contributed by atoms with Crippen molar-refractivity contribution >= 4 is 28.5 Å². The molecule has 4 heterocycles. The SMILES string of the molecule is CC(=O)N1CC(n2cc(-c3cn(-c4cccc(F)c4)c4ncnc(Cl)c34)cn2)C1. The van der Waals surface area contributed by atoms with Crippen LogP contribution >= 0.6 is 11.6 Å². The Morgan fingerprint density at radius 3 is 2.83 bits per heavy atom. The molecule has 146 valence electrons. The van der Waals surface area contributed by atoms with E-state index in [1.165, 1.54) is 18.5 Å². The largest absolute Gasteiger partial charge is 0.339 e. The zero-order valence-electron chi connectivity index (χ0n) is 15.5. The van der Waals surface area contributed by atoms with Gasteiger partial charge >= 0.3 is 0 Å². The van der Waals surface area contributed by atoms with E-state index in [0.717, 1.165) is 11.1 Å². The molecular weight excluding hydrogens is 395 g/mol. The molecule has 5 rings (SSSR count). The number of benzene rings is 1. The van der Waals surface area contributed by atoms with Gasteiger partial charge in [0, 0.05) is 49.2 Å². The van der Waals surface area contributed by atoms with Crippen molar-refractivity contribution < 1.29 is 9.18 Å². The number of carbonyl (C=O) groups excluding carboxylic acids is 1. The van der Waals surface area contributed by atoms with Crippen molar-refractivity contribution in [1.82, 2.24) is 29.2 Å². The molecular formula is C20H16ClFN6O. The van der Waals surface area contributed by atoms with Gasteiger partial charge in [0.15, 0.2) is 0 Å². The van der Waals surface area contributed by atoms with Gasteiger partial charge in [0.1, 0.15) is 22.9 Å². The number of nitrogens with zero attached hydrogens (tertiary/aromatic N) is 6. The van der Waals surface area contributed by atoms with Gasteiger partial charge in [-0.3, -0.25) is 9.48 Å². The topological polar surface area (TPSA) is 68.8 Å². The van der Waals surface area contributed by atoms with Crippen LogP contribution in [0.25, 0.3) is 27.8 Å². The lowest BCUT2D eigenvalue weighted by Crippen LogP contribution is -2.49. The Hall–Kier alpha value is -3.26. The molecule has 0 aliphatic carbocycles. The van der Waals surface area contributed by atoms with Crippen molar-refractivity contribution in [3.63, 3.8) is 0 Å². The van der Waals surface area contributed by atoms with Gasteiger partial charge in [-0.05, 0) is 18.2 Å². The van der Waals surface area contributed by atoms with Gasteiger partial charge in [-0.1, -0.05) is 17.7 Å². The van der Waals surface area contributed by atoms with Gasteiger partial charge in [-0.25, -0.2) is 14.4 Å². The molecule has 1 aliphatic rings. The quantitative estimate of drug-likeness (QED) is 0.485. The zero-order valence-corrected chi connectivity index (χ0v) is 16.2. The van der Waals surface area contributed by atoms with Crippen molar-refractivity contribution in [1.29, 1.82) is 0 Å². The van der Waals surface area contributed by atoms with Gasteiger partial charge < -0.3 is 9.47 Å². The molecule has 0 unspecified atom stereocenters. The standard InChI is InChI=1S/C20H16ClFN6O/c1-12(29)26-8-16(9-26)28-7-13(6-25-28)17-10-27(15-4-2-3-14(22)5-15)20-18(17)19(21)23-11-24-20/h2-7,10-11,16H,8-9H2,1H3. The Labute approximate surface area is 170 Å². The first-order valence-electron chi connectivity index (χ1n) is 9.09. The minimum Gasteiger partial charge on any atom is -0.339 e. The average Bonchev–Trinajstić information content (AvgIpc) is 3.26. The first kappa shape index (κ1) is 17.8. The monoisotopic (exact) mass is 410 g/mol. The van der Waals surface area contributed by atoms with Gasteiger partial charge in [-0.15, -0.1) is 0 Å². The highest BCUT2D eigenvalue weighted by Crippen LogP contribution is 2.35. The van der Waals surface area contributed by atoms with E-state index in [9.17, 15) is 9.18 Å². The van der Waals surface area contributed by atoms with Crippen LogP contribution in [0.1, 0.15) is 13.0 Å². The molecule has 0 radical (unpaired) electrons. The highest BCUT2D eigenvalue weighted by Gasteiger charge is 2.30. The van der Waals surface area contributed by atoms with E-state index >= 15 is 0 Å². The van der Waals surface area contributed by atoms with Gasteiger partial charge in [-0.2, -0.15) is 5.10 Å². The van der Waals surface area contributed by atoms with Crippen molar-refractivity contribution in [2.45, 2.75) is 13.0 Å². The number of aromatic nitrogens is 5. The van der Waals surface area contributed by atoms with Crippen molar-refractivity contribution in [3.05, 3.63) is 60.2 Å². The van der Waals surface area contributed by atoms with E-state index in [0.29, 0.717) is 35.0 Å². The summed E-state index contributed by atoms with van der Waals surface area (Å²) < 4.78 is 17.4. The first-order valence-corrected chi connectivity index (χ1v) is 9.46. The fourth-order valence-corrected chi connectivity index (χ4v) is 3.85. The smallest absolute Gasteiger partial charge is 0.219 e. The molecule has 0 N–H and O–H groups in total. The summed E-state index contributed by atoms with van der Waals surface area (Å²) in [6.45, 7) is 2.85. The Morgan fingerprint density at radius 1 is 1.24 bits per heavy atom. The molecule has 0 atom stereocenters. The van der Waals surface area contributed by atoms with E-state index in [1.807, 2.05) is 17.1 Å². The highest BCUT2D eigenvalue weighted by molar-refractivity contribution is 6.35. The molecule has 9 heteroatoms. The summed E-state index contributed by atoms with van der Waals surface area (Å²) in [6.07, 6.45) is 6.93. The summed E-state index contributed by atoms with van der Waals surface area (Å²) in [5.74, 6) is -0.269. The Bertz CT molecular complexity index is 1240. The van der Waals surface area contributed by atoms with Crippen LogP contribution in [0, 0.1) is 5.82 Å². The number of fused-ring (bicyclic) bond motifs is 1. The molecule has 1 aromatic carbocycles. The van der Waals surface area contributed by atoms with E-state index in [1.54, 1.807) is 34.7 Å². The predicted molar refractivity (Wildman–Crippen MR) is 106 cm³/mol. The molecule has 0 spiro atoms. The number of rotatable bonds is 3. The molecule has 29 heavy (non-hydrogen) atoms. The van der Waals surface area contributed by atoms with Crippen molar-refractivity contribution in [3.8, 4) is 16.8 Å². The van der Waals surface area contributed by atoms with Crippen LogP contribution in [0.2, 0.25) is 5.15 Å². The molecule has 4 aromatic rings. The summed E-state index contributed by atoms with van der Waals surface area (Å²) >= 11 is 6.40. The number of likely N-dealkylation sites (tertiary alicyclic amines) is 1. The van der Waals surface area contributed by atoms with Gasteiger partial charge in [0.05, 0.1) is 17.6 Å². The van der Waals surface area contributed by atoms with Crippen LogP contribution < -0.4 is 0 Å². The molecule has 0 bridgehead atoms. The Kier molecular flexibility index (Phi) is 4.09. The first-order chi connectivity index (χ1) is 14.0. The van der Waals surface area contributed by atoms with E-state index in [4.69, 9.17) is 11.6 Å². The molecule has 1 amide bonds. The van der Waals surface area contributed by atoms with Crippen LogP contribution in [0.4, 0.5) is 4.39 Å².